The Hall–Kier alpha value is -1.22. The lowest BCUT2D eigenvalue weighted by Gasteiger charge is -2.18. The molecular formula is C13H18O3. The number of hydrogen-bond acceptors (Lipinski definition) is 3. The van der Waals surface area contributed by atoms with Gasteiger partial charge in [-0.1, -0.05) is 19.9 Å². The molecular weight excluding hydrogens is 204 g/mol. The van der Waals surface area contributed by atoms with E-state index in [-0.39, 0.29) is 6.61 Å². The van der Waals surface area contributed by atoms with Crippen LogP contribution in [0.4, 0.5) is 0 Å². The largest absolute Gasteiger partial charge is 0.490 e. The Bertz CT molecular complexity index is 372. The van der Waals surface area contributed by atoms with Gasteiger partial charge in [-0.25, -0.2) is 0 Å². The highest BCUT2D eigenvalue weighted by molar-refractivity contribution is 5.52. The van der Waals surface area contributed by atoms with Gasteiger partial charge in [0.05, 0.1) is 19.8 Å². The summed E-state index contributed by atoms with van der Waals surface area (Å²) < 4.78 is 11.4. The molecule has 3 heteroatoms. The molecule has 1 heterocycles. The minimum atomic E-state index is 0.0458. The van der Waals surface area contributed by atoms with Crippen LogP contribution in [0.3, 0.4) is 0 Å². The van der Waals surface area contributed by atoms with E-state index in [9.17, 15) is 5.11 Å². The van der Waals surface area contributed by atoms with Crippen LogP contribution in [0.5, 0.6) is 11.5 Å². The Morgan fingerprint density at radius 1 is 1.25 bits per heavy atom. The van der Waals surface area contributed by atoms with E-state index in [4.69, 9.17) is 9.47 Å². The number of benzene rings is 1. The summed E-state index contributed by atoms with van der Waals surface area (Å²) in [5.41, 5.74) is 2.00. The van der Waals surface area contributed by atoms with Crippen LogP contribution < -0.4 is 9.47 Å². The molecule has 0 radical (unpaired) electrons. The van der Waals surface area contributed by atoms with Gasteiger partial charge in [0.25, 0.3) is 0 Å². The first-order valence-electron chi connectivity index (χ1n) is 5.76. The molecule has 1 aromatic rings. The predicted octanol–water partition coefficient (Wildman–Crippen LogP) is 2.46. The first kappa shape index (κ1) is 11.3. The van der Waals surface area contributed by atoms with Gasteiger partial charge in [-0.3, -0.25) is 0 Å². The van der Waals surface area contributed by atoms with Crippen molar-refractivity contribution < 1.29 is 14.6 Å². The fourth-order valence-corrected chi connectivity index (χ4v) is 2.07. The molecule has 1 N–H and O–H groups in total. The van der Waals surface area contributed by atoms with Gasteiger partial charge in [0.2, 0.25) is 0 Å². The summed E-state index contributed by atoms with van der Waals surface area (Å²) in [6.07, 6.45) is 0.903. The monoisotopic (exact) mass is 222 g/mol. The fourth-order valence-electron chi connectivity index (χ4n) is 2.07. The molecule has 0 aliphatic carbocycles. The average molecular weight is 222 g/mol. The zero-order valence-corrected chi connectivity index (χ0v) is 9.82. The molecule has 16 heavy (non-hydrogen) atoms. The van der Waals surface area contributed by atoms with Gasteiger partial charge in [-0.2, -0.15) is 0 Å². The van der Waals surface area contributed by atoms with Crippen LogP contribution in [0.2, 0.25) is 0 Å². The van der Waals surface area contributed by atoms with Crippen molar-refractivity contribution in [2.24, 2.45) is 0 Å². The summed E-state index contributed by atoms with van der Waals surface area (Å²) in [5, 5.41) is 9.34. The van der Waals surface area contributed by atoms with Crippen molar-refractivity contribution in [3.63, 3.8) is 0 Å². The quantitative estimate of drug-likeness (QED) is 0.835. The maximum absolute atomic E-state index is 9.34. The highest BCUT2D eigenvalue weighted by atomic mass is 16.5. The summed E-state index contributed by atoms with van der Waals surface area (Å²) in [6, 6.07) is 3.81. The smallest absolute Gasteiger partial charge is 0.164 e. The first-order valence-corrected chi connectivity index (χ1v) is 5.76. The van der Waals surface area contributed by atoms with Crippen LogP contribution in [0.25, 0.3) is 0 Å². The Labute approximate surface area is 96.0 Å². The summed E-state index contributed by atoms with van der Waals surface area (Å²) in [4.78, 5) is 0. The van der Waals surface area contributed by atoms with Crippen molar-refractivity contribution in [3.8, 4) is 11.5 Å². The Balaban J connectivity index is 2.52. The maximum atomic E-state index is 9.34. The number of aliphatic hydroxyl groups excluding tert-OH is 1. The standard InChI is InChI=1S/C13H18O3/c1-9(2)12-10(8-14)4-5-11-13(12)16-7-3-6-15-11/h4-5,9,14H,3,6-8H2,1-2H3. The number of hydrogen-bond donors (Lipinski definition) is 1. The second kappa shape index (κ2) is 4.74. The van der Waals surface area contributed by atoms with Gasteiger partial charge in [-0.05, 0) is 17.5 Å². The molecule has 0 atom stereocenters. The zero-order chi connectivity index (χ0) is 11.5. The van der Waals surface area contributed by atoms with Gasteiger partial charge >= 0.3 is 0 Å². The molecule has 0 aromatic heterocycles. The molecule has 1 aromatic carbocycles. The molecule has 0 fully saturated rings. The first-order chi connectivity index (χ1) is 7.74. The third-order valence-electron chi connectivity index (χ3n) is 2.79. The lowest BCUT2D eigenvalue weighted by molar-refractivity contribution is 0.276. The molecule has 0 saturated heterocycles. The van der Waals surface area contributed by atoms with Crippen LogP contribution in [-0.2, 0) is 6.61 Å². The van der Waals surface area contributed by atoms with Crippen molar-refractivity contribution in [3.05, 3.63) is 23.3 Å². The summed E-state index contributed by atoms with van der Waals surface area (Å²) in [7, 11) is 0. The number of ether oxygens (including phenoxy) is 2. The number of aliphatic hydroxyl groups is 1. The molecule has 1 aliphatic heterocycles. The van der Waals surface area contributed by atoms with Crippen LogP contribution >= 0.6 is 0 Å². The Morgan fingerprint density at radius 2 is 2.00 bits per heavy atom. The van der Waals surface area contributed by atoms with Gasteiger partial charge in [0, 0.05) is 12.0 Å². The van der Waals surface area contributed by atoms with E-state index >= 15 is 0 Å². The van der Waals surface area contributed by atoms with Crippen molar-refractivity contribution in [1.29, 1.82) is 0 Å². The van der Waals surface area contributed by atoms with E-state index in [0.29, 0.717) is 19.1 Å². The minimum absolute atomic E-state index is 0.0458. The zero-order valence-electron chi connectivity index (χ0n) is 9.82. The second-order valence-electron chi connectivity index (χ2n) is 4.33. The molecule has 0 unspecified atom stereocenters. The molecule has 88 valence electrons. The SMILES string of the molecule is CC(C)c1c(CO)ccc2c1OCCCO2. The molecule has 0 saturated carbocycles. The summed E-state index contributed by atoms with van der Waals surface area (Å²) in [6.45, 7) is 5.63. The highest BCUT2D eigenvalue weighted by Gasteiger charge is 2.19. The lowest BCUT2D eigenvalue weighted by Crippen LogP contribution is -2.03. The molecule has 0 spiro atoms. The number of fused-ring (bicyclic) bond motifs is 1. The molecule has 1 aliphatic rings. The molecule has 3 nitrogen and oxygen atoms in total. The maximum Gasteiger partial charge on any atom is 0.164 e. The van der Waals surface area contributed by atoms with Crippen LogP contribution in [-0.4, -0.2) is 18.3 Å². The van der Waals surface area contributed by atoms with Crippen LogP contribution in [0, 0.1) is 0 Å². The van der Waals surface area contributed by atoms with E-state index in [2.05, 4.69) is 13.8 Å². The highest BCUT2D eigenvalue weighted by Crippen LogP contribution is 2.39. The normalized spacial score (nSPS) is 15.0. The fraction of sp³-hybridized carbons (Fsp3) is 0.538. The van der Waals surface area contributed by atoms with Gasteiger partial charge in [0.15, 0.2) is 11.5 Å². The van der Waals surface area contributed by atoms with Crippen molar-refractivity contribution in [2.45, 2.75) is 32.8 Å². The Kier molecular flexibility index (Phi) is 3.34. The minimum Gasteiger partial charge on any atom is -0.490 e. The Morgan fingerprint density at radius 3 is 2.69 bits per heavy atom. The van der Waals surface area contributed by atoms with Crippen LogP contribution in [0.15, 0.2) is 12.1 Å². The topological polar surface area (TPSA) is 38.7 Å². The third kappa shape index (κ3) is 2.00. The van der Waals surface area contributed by atoms with Gasteiger partial charge < -0.3 is 14.6 Å². The lowest BCUT2D eigenvalue weighted by atomic mass is 9.96. The van der Waals surface area contributed by atoms with E-state index < -0.39 is 0 Å². The van der Waals surface area contributed by atoms with Crippen molar-refractivity contribution in [2.75, 3.05) is 13.2 Å². The van der Waals surface area contributed by atoms with Gasteiger partial charge in [0.1, 0.15) is 0 Å². The summed E-state index contributed by atoms with van der Waals surface area (Å²) >= 11 is 0. The average Bonchev–Trinajstić information content (AvgIpc) is 2.51. The van der Waals surface area contributed by atoms with E-state index in [1.54, 1.807) is 0 Å². The van der Waals surface area contributed by atoms with E-state index in [0.717, 1.165) is 29.0 Å². The van der Waals surface area contributed by atoms with E-state index in [1.165, 1.54) is 0 Å². The third-order valence-corrected chi connectivity index (χ3v) is 2.79. The van der Waals surface area contributed by atoms with Crippen LogP contribution in [0.1, 0.15) is 37.3 Å². The molecule has 0 amide bonds. The molecule has 0 bridgehead atoms. The second-order valence-corrected chi connectivity index (χ2v) is 4.33. The van der Waals surface area contributed by atoms with Gasteiger partial charge in [-0.15, -0.1) is 0 Å². The van der Waals surface area contributed by atoms with Crippen molar-refractivity contribution >= 4 is 0 Å². The number of rotatable bonds is 2. The summed E-state index contributed by atoms with van der Waals surface area (Å²) in [5.74, 6) is 1.94. The predicted molar refractivity (Wildman–Crippen MR) is 62.1 cm³/mol. The van der Waals surface area contributed by atoms with Crippen molar-refractivity contribution in [1.82, 2.24) is 0 Å². The van der Waals surface area contributed by atoms with E-state index in [1.807, 2.05) is 12.1 Å². The molecule has 2 rings (SSSR count).